The van der Waals surface area contributed by atoms with Crippen molar-refractivity contribution >= 4 is 22.5 Å². The number of H-pyrrole nitrogens is 1. The first-order valence-electron chi connectivity index (χ1n) is 9.51. The molecule has 2 aromatic carbocycles. The van der Waals surface area contributed by atoms with E-state index in [9.17, 15) is 14.7 Å². The van der Waals surface area contributed by atoms with Gasteiger partial charge in [-0.2, -0.15) is 0 Å². The molecular formula is C23H26N2O3. The number of aromatic amines is 1. The van der Waals surface area contributed by atoms with Crippen LogP contribution in [0.5, 0.6) is 5.75 Å². The molecule has 0 radical (unpaired) electrons. The molecule has 3 rings (SSSR count). The summed E-state index contributed by atoms with van der Waals surface area (Å²) in [5, 5.41) is 13.6. The van der Waals surface area contributed by atoms with Gasteiger partial charge in [-0.05, 0) is 56.1 Å². The highest BCUT2D eigenvalue weighted by molar-refractivity contribution is 5.91. The van der Waals surface area contributed by atoms with Gasteiger partial charge in [-0.25, -0.2) is 0 Å². The highest BCUT2D eigenvalue weighted by Crippen LogP contribution is 2.23. The first-order chi connectivity index (χ1) is 13.5. The van der Waals surface area contributed by atoms with Crippen molar-refractivity contribution in [3.05, 3.63) is 65.9 Å². The average Bonchev–Trinajstić information content (AvgIpc) is 3.10. The van der Waals surface area contributed by atoms with Crippen molar-refractivity contribution in [2.75, 3.05) is 7.05 Å². The molecule has 5 nitrogen and oxygen atoms in total. The molecule has 0 bridgehead atoms. The third-order valence-electron chi connectivity index (χ3n) is 5.28. The fourth-order valence-corrected chi connectivity index (χ4v) is 3.56. The van der Waals surface area contributed by atoms with Gasteiger partial charge in [-0.15, -0.1) is 0 Å². The smallest absolute Gasteiger partial charge is 0.150 e. The van der Waals surface area contributed by atoms with E-state index in [1.807, 2.05) is 30.5 Å². The molecule has 2 atom stereocenters. The van der Waals surface area contributed by atoms with Crippen LogP contribution in [0, 0.1) is 5.92 Å². The molecule has 3 N–H and O–H groups in total. The lowest BCUT2D eigenvalue weighted by Crippen LogP contribution is -2.38. The van der Waals surface area contributed by atoms with Gasteiger partial charge in [0.15, 0.2) is 5.78 Å². The van der Waals surface area contributed by atoms with E-state index >= 15 is 0 Å². The molecule has 0 aliphatic heterocycles. The lowest BCUT2D eigenvalue weighted by molar-refractivity contribution is -0.127. The third kappa shape index (κ3) is 4.67. The molecule has 3 aromatic rings. The summed E-state index contributed by atoms with van der Waals surface area (Å²) in [6, 6.07) is 14.4. The number of carbonyl (C=O) groups is 2. The maximum Gasteiger partial charge on any atom is 0.150 e. The zero-order valence-electron chi connectivity index (χ0n) is 16.2. The van der Waals surface area contributed by atoms with Crippen molar-refractivity contribution in [3.8, 4) is 5.75 Å². The van der Waals surface area contributed by atoms with E-state index < -0.39 is 0 Å². The van der Waals surface area contributed by atoms with Crippen LogP contribution in [0.25, 0.3) is 10.9 Å². The van der Waals surface area contributed by atoms with E-state index in [-0.39, 0.29) is 35.7 Å². The number of benzene rings is 2. The number of phenols is 1. The molecule has 0 aliphatic carbocycles. The van der Waals surface area contributed by atoms with Crippen molar-refractivity contribution in [1.82, 2.24) is 10.3 Å². The van der Waals surface area contributed by atoms with Crippen molar-refractivity contribution in [2.24, 2.45) is 5.92 Å². The summed E-state index contributed by atoms with van der Waals surface area (Å²) in [6.45, 7) is 1.56. The van der Waals surface area contributed by atoms with E-state index in [0.29, 0.717) is 12.8 Å². The highest BCUT2D eigenvalue weighted by atomic mass is 16.3. The van der Waals surface area contributed by atoms with Crippen LogP contribution in [0.4, 0.5) is 0 Å². The Kier molecular flexibility index (Phi) is 6.26. The summed E-state index contributed by atoms with van der Waals surface area (Å²) >= 11 is 0. The second-order valence-corrected chi connectivity index (χ2v) is 7.25. The molecule has 1 aromatic heterocycles. The average molecular weight is 378 g/mol. The fraction of sp³-hybridized carbons (Fsp3) is 0.304. The predicted octanol–water partition coefficient (Wildman–Crippen LogP) is 3.41. The van der Waals surface area contributed by atoms with Gasteiger partial charge in [0.1, 0.15) is 11.5 Å². The van der Waals surface area contributed by atoms with Gasteiger partial charge < -0.3 is 15.4 Å². The van der Waals surface area contributed by atoms with Gasteiger partial charge in [0.2, 0.25) is 0 Å². The Labute approximate surface area is 164 Å². The minimum absolute atomic E-state index is 0.0237. The second kappa shape index (κ2) is 8.85. The lowest BCUT2D eigenvalue weighted by Gasteiger charge is -2.19. The number of aromatic hydroxyl groups is 1. The van der Waals surface area contributed by atoms with Crippen molar-refractivity contribution < 1.29 is 14.7 Å². The molecule has 0 amide bonds. The summed E-state index contributed by atoms with van der Waals surface area (Å²) in [7, 11) is 1.76. The van der Waals surface area contributed by atoms with Gasteiger partial charge in [-0.1, -0.05) is 30.3 Å². The maximum absolute atomic E-state index is 12.9. The molecular weight excluding hydrogens is 352 g/mol. The number of phenolic OH excluding ortho intramolecular Hbond substituents is 1. The standard InChI is InChI=1S/C23H26N2O3/c1-15(26)17(12-18-14-25-21-6-4-3-5-20(18)21)13-23(28)22(24-2)11-16-7-9-19(27)10-8-16/h3-10,14,17,22,24-25,27H,11-13H2,1-2H3/t17-,22+/m1/s1. The Hall–Kier alpha value is -2.92. The Morgan fingerprint density at radius 1 is 1.07 bits per heavy atom. The quantitative estimate of drug-likeness (QED) is 0.533. The topological polar surface area (TPSA) is 82.2 Å². The molecule has 0 unspecified atom stereocenters. The Morgan fingerprint density at radius 3 is 2.46 bits per heavy atom. The number of nitrogens with one attached hydrogen (secondary N) is 2. The molecule has 0 spiro atoms. The van der Waals surface area contributed by atoms with Gasteiger partial charge in [0.05, 0.1) is 6.04 Å². The lowest BCUT2D eigenvalue weighted by atomic mass is 9.88. The predicted molar refractivity (Wildman–Crippen MR) is 110 cm³/mol. The summed E-state index contributed by atoms with van der Waals surface area (Å²) in [4.78, 5) is 28.3. The number of aromatic nitrogens is 1. The molecule has 5 heteroatoms. The summed E-state index contributed by atoms with van der Waals surface area (Å²) in [5.74, 6) is -0.0948. The van der Waals surface area contributed by atoms with E-state index in [0.717, 1.165) is 22.0 Å². The number of para-hydroxylation sites is 1. The number of likely N-dealkylation sites (N-methyl/N-ethyl adjacent to an activating group) is 1. The molecule has 0 saturated carbocycles. The number of hydrogen-bond acceptors (Lipinski definition) is 4. The normalized spacial score (nSPS) is 13.4. The Bertz CT molecular complexity index is 959. The first kappa shape index (κ1) is 19.8. The monoisotopic (exact) mass is 378 g/mol. The van der Waals surface area contributed by atoms with Gasteiger partial charge in [0, 0.05) is 29.4 Å². The Balaban J connectivity index is 1.70. The van der Waals surface area contributed by atoms with E-state index in [4.69, 9.17) is 0 Å². The molecule has 0 aliphatic rings. The summed E-state index contributed by atoms with van der Waals surface area (Å²) < 4.78 is 0. The van der Waals surface area contributed by atoms with E-state index in [1.165, 1.54) is 0 Å². The van der Waals surface area contributed by atoms with Crippen molar-refractivity contribution in [3.63, 3.8) is 0 Å². The zero-order chi connectivity index (χ0) is 20.1. The first-order valence-corrected chi connectivity index (χ1v) is 9.51. The van der Waals surface area contributed by atoms with Crippen LogP contribution < -0.4 is 5.32 Å². The number of rotatable bonds is 9. The van der Waals surface area contributed by atoms with Crippen molar-refractivity contribution in [1.29, 1.82) is 0 Å². The van der Waals surface area contributed by atoms with Crippen LogP contribution in [0.3, 0.4) is 0 Å². The SMILES string of the molecule is CN[C@@H](Cc1ccc(O)cc1)C(=O)C[C@@H](Cc1c[nH]c2ccccc12)C(C)=O. The zero-order valence-corrected chi connectivity index (χ0v) is 16.2. The molecule has 0 saturated heterocycles. The van der Waals surface area contributed by atoms with Gasteiger partial charge in [0.25, 0.3) is 0 Å². The number of carbonyl (C=O) groups excluding carboxylic acids is 2. The number of fused-ring (bicyclic) bond motifs is 1. The van der Waals surface area contributed by atoms with E-state index in [2.05, 4.69) is 10.3 Å². The summed E-state index contributed by atoms with van der Waals surface area (Å²) in [6.07, 6.45) is 3.20. The number of Topliss-reactive ketones (excluding diaryl/α,β-unsaturated/α-hetero) is 2. The second-order valence-electron chi connectivity index (χ2n) is 7.25. The van der Waals surface area contributed by atoms with Crippen LogP contribution in [0.15, 0.2) is 54.7 Å². The maximum atomic E-state index is 12.9. The van der Waals surface area contributed by atoms with Crippen LogP contribution in [0.1, 0.15) is 24.5 Å². The van der Waals surface area contributed by atoms with Crippen LogP contribution in [0.2, 0.25) is 0 Å². The van der Waals surface area contributed by atoms with Gasteiger partial charge in [-0.3, -0.25) is 9.59 Å². The molecule has 1 heterocycles. The van der Waals surface area contributed by atoms with E-state index in [1.54, 1.807) is 38.2 Å². The third-order valence-corrected chi connectivity index (χ3v) is 5.28. The molecule has 0 fully saturated rings. The van der Waals surface area contributed by atoms with Gasteiger partial charge >= 0.3 is 0 Å². The fourth-order valence-electron chi connectivity index (χ4n) is 3.56. The minimum Gasteiger partial charge on any atom is -0.508 e. The minimum atomic E-state index is -0.366. The largest absolute Gasteiger partial charge is 0.508 e. The number of ketones is 2. The number of hydrogen-bond donors (Lipinski definition) is 3. The molecule has 146 valence electrons. The van der Waals surface area contributed by atoms with Crippen molar-refractivity contribution in [2.45, 2.75) is 32.2 Å². The van der Waals surface area contributed by atoms with Crippen LogP contribution >= 0.6 is 0 Å². The van der Waals surface area contributed by atoms with Crippen LogP contribution in [-0.4, -0.2) is 34.7 Å². The summed E-state index contributed by atoms with van der Waals surface area (Å²) in [5.41, 5.74) is 3.05. The molecule has 28 heavy (non-hydrogen) atoms. The van der Waals surface area contributed by atoms with Crippen LogP contribution in [-0.2, 0) is 22.4 Å². The highest BCUT2D eigenvalue weighted by Gasteiger charge is 2.25. The Morgan fingerprint density at radius 2 is 1.79 bits per heavy atom.